The molecule has 0 atom stereocenters. The summed E-state index contributed by atoms with van der Waals surface area (Å²) in [6, 6.07) is 6.11. The van der Waals surface area contributed by atoms with Gasteiger partial charge in [-0.05, 0) is 12.1 Å². The second kappa shape index (κ2) is 3.82. The molecule has 1 aromatic rings. The average Bonchev–Trinajstić information content (AvgIpc) is 2.01. The number of hydrogen-bond acceptors (Lipinski definition) is 4. The molecule has 0 unspecified atom stereocenters. The summed E-state index contributed by atoms with van der Waals surface area (Å²) in [6.07, 6.45) is 0. The SMILES string of the molecule is CN(NS(=O)(=O)O)c1ccccc1O. The van der Waals surface area contributed by atoms with Gasteiger partial charge in [0.2, 0.25) is 0 Å². The fourth-order valence-corrected chi connectivity index (χ4v) is 1.41. The Morgan fingerprint density at radius 1 is 1.36 bits per heavy atom. The maximum atomic E-state index is 10.4. The van der Waals surface area contributed by atoms with E-state index in [-0.39, 0.29) is 11.4 Å². The van der Waals surface area contributed by atoms with E-state index in [1.165, 1.54) is 19.2 Å². The fourth-order valence-electron chi connectivity index (χ4n) is 0.970. The van der Waals surface area contributed by atoms with Crippen molar-refractivity contribution >= 4 is 16.0 Å². The molecule has 1 rings (SSSR count). The maximum Gasteiger partial charge on any atom is 0.350 e. The number of hydrazine groups is 1. The third-order valence-electron chi connectivity index (χ3n) is 1.50. The molecule has 0 spiro atoms. The lowest BCUT2D eigenvalue weighted by molar-refractivity contribution is 0.461. The molecule has 0 radical (unpaired) electrons. The molecule has 0 amide bonds. The van der Waals surface area contributed by atoms with Crippen LogP contribution in [0.3, 0.4) is 0 Å². The lowest BCUT2D eigenvalue weighted by Gasteiger charge is -2.18. The predicted molar refractivity (Wildman–Crippen MR) is 51.2 cm³/mol. The maximum absolute atomic E-state index is 10.4. The lowest BCUT2D eigenvalue weighted by atomic mass is 10.3. The Labute approximate surface area is 81.6 Å². The van der Waals surface area contributed by atoms with Crippen LogP contribution in [-0.4, -0.2) is 25.1 Å². The van der Waals surface area contributed by atoms with Gasteiger partial charge in [0.25, 0.3) is 0 Å². The molecule has 3 N–H and O–H groups in total. The molecule has 0 aromatic heterocycles. The number of phenolic OH excluding ortho intramolecular Hbond substituents is 1. The second-order valence-corrected chi connectivity index (χ2v) is 3.75. The van der Waals surface area contributed by atoms with E-state index >= 15 is 0 Å². The molecule has 78 valence electrons. The van der Waals surface area contributed by atoms with Crippen LogP contribution < -0.4 is 9.84 Å². The zero-order valence-corrected chi connectivity index (χ0v) is 8.19. The Kier molecular flexibility index (Phi) is 2.94. The first kappa shape index (κ1) is 10.8. The van der Waals surface area contributed by atoms with Gasteiger partial charge in [0.1, 0.15) is 5.75 Å². The Morgan fingerprint density at radius 3 is 2.43 bits per heavy atom. The number of rotatable bonds is 3. The average molecular weight is 218 g/mol. The lowest BCUT2D eigenvalue weighted by Crippen LogP contribution is -2.38. The van der Waals surface area contributed by atoms with Crippen molar-refractivity contribution in [3.8, 4) is 5.75 Å². The number of para-hydroxylation sites is 2. The zero-order chi connectivity index (χ0) is 10.8. The van der Waals surface area contributed by atoms with Gasteiger partial charge in [0.15, 0.2) is 0 Å². The fraction of sp³-hybridized carbons (Fsp3) is 0.143. The van der Waals surface area contributed by atoms with E-state index in [2.05, 4.69) is 0 Å². The van der Waals surface area contributed by atoms with Gasteiger partial charge in [-0.2, -0.15) is 8.42 Å². The third-order valence-corrected chi connectivity index (χ3v) is 2.00. The summed E-state index contributed by atoms with van der Waals surface area (Å²) in [7, 11) is -2.97. The van der Waals surface area contributed by atoms with E-state index in [9.17, 15) is 13.5 Å². The molecule has 0 aliphatic carbocycles. The molecule has 14 heavy (non-hydrogen) atoms. The number of nitrogens with one attached hydrogen (secondary N) is 1. The van der Waals surface area contributed by atoms with Crippen molar-refractivity contribution in [2.75, 3.05) is 12.1 Å². The molecular weight excluding hydrogens is 208 g/mol. The highest BCUT2D eigenvalue weighted by molar-refractivity contribution is 7.83. The summed E-state index contributed by atoms with van der Waals surface area (Å²) >= 11 is 0. The number of benzene rings is 1. The first-order chi connectivity index (χ1) is 6.40. The molecular formula is C7H10N2O4S. The normalized spacial score (nSPS) is 11.3. The Bertz CT molecular complexity index is 417. The van der Waals surface area contributed by atoms with Crippen LogP contribution in [0.1, 0.15) is 0 Å². The Balaban J connectivity index is 2.90. The topological polar surface area (TPSA) is 89.9 Å². The number of anilines is 1. The van der Waals surface area contributed by atoms with Crippen molar-refractivity contribution in [1.29, 1.82) is 0 Å². The van der Waals surface area contributed by atoms with Crippen molar-refractivity contribution in [2.24, 2.45) is 0 Å². The van der Waals surface area contributed by atoms with Crippen LogP contribution in [-0.2, 0) is 10.3 Å². The summed E-state index contributed by atoms with van der Waals surface area (Å²) in [5.74, 6) is -0.0915. The van der Waals surface area contributed by atoms with Crippen molar-refractivity contribution in [1.82, 2.24) is 4.83 Å². The van der Waals surface area contributed by atoms with Gasteiger partial charge in [0.05, 0.1) is 5.69 Å². The van der Waals surface area contributed by atoms with Crippen molar-refractivity contribution in [3.63, 3.8) is 0 Å². The molecule has 7 heteroatoms. The highest BCUT2D eigenvalue weighted by Crippen LogP contribution is 2.23. The van der Waals surface area contributed by atoms with Crippen LogP contribution in [0.15, 0.2) is 24.3 Å². The zero-order valence-electron chi connectivity index (χ0n) is 7.38. The quantitative estimate of drug-likeness (QED) is 0.496. The molecule has 1 aromatic carbocycles. The van der Waals surface area contributed by atoms with E-state index in [0.29, 0.717) is 0 Å². The van der Waals surface area contributed by atoms with E-state index in [4.69, 9.17) is 4.55 Å². The summed E-state index contributed by atoms with van der Waals surface area (Å²) in [4.78, 5) is 1.78. The molecule has 0 fully saturated rings. The molecule has 0 aliphatic heterocycles. The summed E-state index contributed by atoms with van der Waals surface area (Å²) in [6.45, 7) is 0. The van der Waals surface area contributed by atoms with Crippen LogP contribution in [0.5, 0.6) is 5.75 Å². The Hall–Kier alpha value is -1.31. The van der Waals surface area contributed by atoms with Gasteiger partial charge in [-0.15, -0.1) is 4.83 Å². The molecule has 0 heterocycles. The first-order valence-corrected chi connectivity index (χ1v) is 5.11. The smallest absolute Gasteiger partial charge is 0.350 e. The number of nitrogens with zero attached hydrogens (tertiary/aromatic N) is 1. The summed E-state index contributed by atoms with van der Waals surface area (Å²) in [5.41, 5.74) is 0.241. The number of phenols is 1. The minimum Gasteiger partial charge on any atom is -0.506 e. The highest BCUT2D eigenvalue weighted by atomic mass is 32.2. The van der Waals surface area contributed by atoms with Gasteiger partial charge in [-0.3, -0.25) is 9.56 Å². The van der Waals surface area contributed by atoms with Crippen LogP contribution in [0.25, 0.3) is 0 Å². The monoisotopic (exact) mass is 218 g/mol. The van der Waals surface area contributed by atoms with Crippen LogP contribution in [0.4, 0.5) is 5.69 Å². The molecule has 0 saturated carbocycles. The van der Waals surface area contributed by atoms with Gasteiger partial charge in [0, 0.05) is 7.05 Å². The van der Waals surface area contributed by atoms with Crippen LogP contribution >= 0.6 is 0 Å². The van der Waals surface area contributed by atoms with Gasteiger partial charge in [-0.25, -0.2) is 0 Å². The van der Waals surface area contributed by atoms with Crippen molar-refractivity contribution < 1.29 is 18.1 Å². The van der Waals surface area contributed by atoms with Crippen molar-refractivity contribution in [3.05, 3.63) is 24.3 Å². The van der Waals surface area contributed by atoms with Gasteiger partial charge < -0.3 is 5.11 Å². The van der Waals surface area contributed by atoms with Crippen molar-refractivity contribution in [2.45, 2.75) is 0 Å². The minimum atomic E-state index is -4.32. The highest BCUT2D eigenvalue weighted by Gasteiger charge is 2.11. The van der Waals surface area contributed by atoms with E-state index < -0.39 is 10.3 Å². The van der Waals surface area contributed by atoms with E-state index in [1.807, 2.05) is 0 Å². The minimum absolute atomic E-state index is 0.0915. The van der Waals surface area contributed by atoms with Crippen LogP contribution in [0.2, 0.25) is 0 Å². The molecule has 0 aliphatic rings. The second-order valence-electron chi connectivity index (χ2n) is 2.61. The standard InChI is InChI=1S/C7H10N2O4S/c1-9(8-14(11,12)13)6-4-2-3-5-7(6)10/h2-5,8,10H,1H3,(H,11,12,13). The largest absolute Gasteiger partial charge is 0.506 e. The van der Waals surface area contributed by atoms with Crippen LogP contribution in [0, 0.1) is 0 Å². The number of aromatic hydroxyl groups is 1. The van der Waals surface area contributed by atoms with Gasteiger partial charge >= 0.3 is 10.3 Å². The van der Waals surface area contributed by atoms with E-state index in [0.717, 1.165) is 5.01 Å². The van der Waals surface area contributed by atoms with Gasteiger partial charge in [-0.1, -0.05) is 12.1 Å². The number of hydrogen-bond donors (Lipinski definition) is 3. The first-order valence-electron chi connectivity index (χ1n) is 3.67. The summed E-state index contributed by atoms with van der Waals surface area (Å²) in [5, 5.41) is 10.3. The van der Waals surface area contributed by atoms with E-state index in [1.54, 1.807) is 17.0 Å². The summed E-state index contributed by atoms with van der Waals surface area (Å²) < 4.78 is 29.4. The molecule has 0 saturated heterocycles. The molecule has 0 bridgehead atoms. The predicted octanol–water partition coefficient (Wildman–Crippen LogP) is 0.136. The Morgan fingerprint density at radius 2 is 1.93 bits per heavy atom. The third kappa shape index (κ3) is 2.87. The molecule has 6 nitrogen and oxygen atoms in total.